The summed E-state index contributed by atoms with van der Waals surface area (Å²) in [5.74, 6) is -1.20. The summed E-state index contributed by atoms with van der Waals surface area (Å²) in [6, 6.07) is -0.192. The molecule has 5 heteroatoms. The molecule has 70 valence electrons. The van der Waals surface area contributed by atoms with Gasteiger partial charge in [0.25, 0.3) is 0 Å². The molecule has 0 N–H and O–H groups in total. The van der Waals surface area contributed by atoms with Gasteiger partial charge in [0.1, 0.15) is 11.8 Å². The van der Waals surface area contributed by atoms with E-state index in [0.717, 1.165) is 4.90 Å². The lowest BCUT2D eigenvalue weighted by Crippen LogP contribution is -2.43. The first-order valence-electron chi connectivity index (χ1n) is 3.51. The van der Waals surface area contributed by atoms with E-state index in [1.807, 2.05) is 0 Å². The van der Waals surface area contributed by atoms with Crippen molar-refractivity contribution in [3.63, 3.8) is 0 Å². The van der Waals surface area contributed by atoms with Gasteiger partial charge in [-0.3, -0.25) is 14.5 Å². The van der Waals surface area contributed by atoms with Crippen LogP contribution in [-0.4, -0.2) is 34.5 Å². The van der Waals surface area contributed by atoms with E-state index in [1.165, 1.54) is 0 Å². The maximum atomic E-state index is 11.1. The Balaban J connectivity index is 4.43. The normalized spacial score (nSPS) is 10.1. The number of hydrogen-bond donors (Lipinski definition) is 0. The maximum Gasteiger partial charge on any atom is 0.244 e. The summed E-state index contributed by atoms with van der Waals surface area (Å²) >= 11 is 10.6. The smallest absolute Gasteiger partial charge is 0.244 e. The second-order valence-corrected chi connectivity index (χ2v) is 3.05. The van der Waals surface area contributed by atoms with Gasteiger partial charge in [0, 0.05) is 6.04 Å². The molecular weight excluding hydrogens is 201 g/mol. The monoisotopic (exact) mass is 211 g/mol. The molecule has 0 saturated heterocycles. The number of carbonyl (C=O) groups is 2. The lowest BCUT2D eigenvalue weighted by Gasteiger charge is -2.22. The van der Waals surface area contributed by atoms with E-state index in [2.05, 4.69) is 0 Å². The Morgan fingerprint density at radius 3 is 1.67 bits per heavy atom. The minimum absolute atomic E-state index is 0.192. The fraction of sp³-hybridized carbons (Fsp3) is 0.714. The fourth-order valence-corrected chi connectivity index (χ4v) is 1.10. The van der Waals surface area contributed by atoms with Gasteiger partial charge in [0.15, 0.2) is 0 Å². The highest BCUT2D eigenvalue weighted by molar-refractivity contribution is 6.31. The van der Waals surface area contributed by atoms with Crippen LogP contribution in [0.2, 0.25) is 0 Å². The van der Waals surface area contributed by atoms with Crippen LogP contribution in [0.5, 0.6) is 0 Å². The van der Waals surface area contributed by atoms with Gasteiger partial charge in [0.05, 0.1) is 0 Å². The summed E-state index contributed by atoms with van der Waals surface area (Å²) in [5, 5.41) is 0. The number of hydrogen-bond acceptors (Lipinski definition) is 2. The van der Waals surface area contributed by atoms with Gasteiger partial charge in [-0.15, -0.1) is 23.2 Å². The highest BCUT2D eigenvalue weighted by Crippen LogP contribution is 2.02. The first-order chi connectivity index (χ1) is 5.54. The van der Waals surface area contributed by atoms with Crippen molar-refractivity contribution in [1.29, 1.82) is 0 Å². The molecule has 0 aromatic heterocycles. The highest BCUT2D eigenvalue weighted by atomic mass is 35.5. The van der Waals surface area contributed by atoms with Gasteiger partial charge in [0.2, 0.25) is 11.8 Å². The Bertz CT molecular complexity index is 166. The van der Waals surface area contributed by atoms with Crippen LogP contribution < -0.4 is 0 Å². The van der Waals surface area contributed by atoms with Crippen LogP contribution in [0.4, 0.5) is 0 Å². The molecule has 0 unspecified atom stereocenters. The number of imide groups is 1. The van der Waals surface area contributed by atoms with Crippen LogP contribution in [0.1, 0.15) is 13.8 Å². The van der Waals surface area contributed by atoms with Gasteiger partial charge in [-0.05, 0) is 13.8 Å². The summed E-state index contributed by atoms with van der Waals surface area (Å²) in [4.78, 5) is 23.2. The van der Waals surface area contributed by atoms with Gasteiger partial charge >= 0.3 is 0 Å². The van der Waals surface area contributed by atoms with Gasteiger partial charge in [-0.2, -0.15) is 0 Å². The van der Waals surface area contributed by atoms with Crippen molar-refractivity contribution < 1.29 is 9.59 Å². The number of halogens is 2. The van der Waals surface area contributed by atoms with Gasteiger partial charge in [-0.25, -0.2) is 0 Å². The van der Waals surface area contributed by atoms with Crippen LogP contribution in [0.3, 0.4) is 0 Å². The first kappa shape index (κ1) is 11.7. The Labute approximate surface area is 81.6 Å². The van der Waals surface area contributed by atoms with E-state index >= 15 is 0 Å². The van der Waals surface area contributed by atoms with Crippen LogP contribution in [-0.2, 0) is 9.59 Å². The molecule has 2 amide bonds. The molecule has 0 aliphatic heterocycles. The zero-order valence-electron chi connectivity index (χ0n) is 7.01. The molecule has 0 aliphatic carbocycles. The average molecular weight is 212 g/mol. The quantitative estimate of drug-likeness (QED) is 0.659. The third kappa shape index (κ3) is 2.99. The Hall–Kier alpha value is -0.280. The van der Waals surface area contributed by atoms with E-state index in [1.54, 1.807) is 13.8 Å². The zero-order valence-corrected chi connectivity index (χ0v) is 8.52. The van der Waals surface area contributed by atoms with Crippen molar-refractivity contribution in [3.8, 4) is 0 Å². The minimum Gasteiger partial charge on any atom is -0.278 e. The number of rotatable bonds is 3. The number of nitrogens with zero attached hydrogens (tertiary/aromatic N) is 1. The van der Waals surface area contributed by atoms with Crippen LogP contribution in [0, 0.1) is 0 Å². The molecule has 0 heterocycles. The summed E-state index contributed by atoms with van der Waals surface area (Å²) < 4.78 is 0. The van der Waals surface area contributed by atoms with Gasteiger partial charge in [-0.1, -0.05) is 0 Å². The molecule has 0 aromatic rings. The molecule has 3 nitrogen and oxygen atoms in total. The van der Waals surface area contributed by atoms with Crippen molar-refractivity contribution in [1.82, 2.24) is 4.90 Å². The molecule has 0 rings (SSSR count). The lowest BCUT2D eigenvalue weighted by molar-refractivity contribution is -0.143. The van der Waals surface area contributed by atoms with Crippen molar-refractivity contribution in [3.05, 3.63) is 0 Å². The fourth-order valence-electron chi connectivity index (χ4n) is 0.844. The second-order valence-electron chi connectivity index (χ2n) is 2.52. The predicted molar refractivity (Wildman–Crippen MR) is 48.4 cm³/mol. The standard InChI is InChI=1S/C7H11Cl2NO2/c1-5(2)10(6(11)3-8)7(12)4-9/h5H,3-4H2,1-2H3. The molecule has 0 spiro atoms. The van der Waals surface area contributed by atoms with Crippen LogP contribution >= 0.6 is 23.2 Å². The minimum atomic E-state index is -0.405. The lowest BCUT2D eigenvalue weighted by atomic mass is 10.3. The Kier molecular flexibility index (Phi) is 5.25. The molecule has 12 heavy (non-hydrogen) atoms. The molecule has 0 aliphatic rings. The van der Waals surface area contributed by atoms with Crippen molar-refractivity contribution in [2.75, 3.05) is 11.8 Å². The SMILES string of the molecule is CC(C)N(C(=O)CCl)C(=O)CCl. The molecule has 0 radical (unpaired) electrons. The van der Waals surface area contributed by atoms with Crippen LogP contribution in [0.25, 0.3) is 0 Å². The van der Waals surface area contributed by atoms with E-state index in [9.17, 15) is 9.59 Å². The molecule has 0 atom stereocenters. The summed E-state index contributed by atoms with van der Waals surface area (Å²) in [6.07, 6.45) is 0. The molecule has 0 bridgehead atoms. The molecule has 0 saturated carbocycles. The summed E-state index contributed by atoms with van der Waals surface area (Å²) in [6.45, 7) is 3.46. The van der Waals surface area contributed by atoms with Crippen molar-refractivity contribution in [2.24, 2.45) is 0 Å². The summed E-state index contributed by atoms with van der Waals surface area (Å²) in [7, 11) is 0. The zero-order chi connectivity index (χ0) is 9.72. The molecule has 0 aromatic carbocycles. The predicted octanol–water partition coefficient (Wildman–Crippen LogP) is 1.23. The molecule has 0 fully saturated rings. The number of alkyl halides is 2. The van der Waals surface area contributed by atoms with E-state index in [4.69, 9.17) is 23.2 Å². The maximum absolute atomic E-state index is 11.1. The van der Waals surface area contributed by atoms with E-state index in [0.29, 0.717) is 0 Å². The Morgan fingerprint density at radius 2 is 1.50 bits per heavy atom. The van der Waals surface area contributed by atoms with Gasteiger partial charge < -0.3 is 0 Å². The molecular formula is C7H11Cl2NO2. The highest BCUT2D eigenvalue weighted by Gasteiger charge is 2.22. The number of carbonyl (C=O) groups excluding carboxylic acids is 2. The summed E-state index contributed by atoms with van der Waals surface area (Å²) in [5.41, 5.74) is 0. The first-order valence-corrected chi connectivity index (χ1v) is 4.58. The van der Waals surface area contributed by atoms with E-state index < -0.39 is 11.8 Å². The third-order valence-corrected chi connectivity index (χ3v) is 1.74. The second kappa shape index (κ2) is 5.38. The van der Waals surface area contributed by atoms with Crippen LogP contribution in [0.15, 0.2) is 0 Å². The topological polar surface area (TPSA) is 37.4 Å². The number of amides is 2. The largest absolute Gasteiger partial charge is 0.278 e. The average Bonchev–Trinajstić information content (AvgIpc) is 2.03. The Morgan fingerprint density at radius 1 is 1.17 bits per heavy atom. The van der Waals surface area contributed by atoms with Crippen molar-refractivity contribution in [2.45, 2.75) is 19.9 Å². The third-order valence-electron chi connectivity index (χ3n) is 1.28. The van der Waals surface area contributed by atoms with E-state index in [-0.39, 0.29) is 17.8 Å². The van der Waals surface area contributed by atoms with Crippen molar-refractivity contribution >= 4 is 35.0 Å².